The van der Waals surface area contributed by atoms with Gasteiger partial charge in [-0.2, -0.15) is 0 Å². The van der Waals surface area contributed by atoms with Gasteiger partial charge in [0.2, 0.25) is 0 Å². The fourth-order valence-corrected chi connectivity index (χ4v) is 4.38. The molecule has 0 amide bonds. The molecule has 1 N–H and O–H groups in total. The van der Waals surface area contributed by atoms with Crippen molar-refractivity contribution in [1.82, 2.24) is 5.32 Å². The molecule has 12 heavy (non-hydrogen) atoms. The molecule has 5 saturated carbocycles. The van der Waals surface area contributed by atoms with Crippen LogP contribution in [0.15, 0.2) is 0 Å². The third-order valence-electron chi connectivity index (χ3n) is 4.81. The predicted octanol–water partition coefficient (Wildman–Crippen LogP) is 2.03. The maximum Gasteiger partial charge on any atom is 0.0126 e. The maximum absolute atomic E-state index is 3.57. The molecule has 5 aliphatic carbocycles. The molecule has 0 heterocycles. The molecule has 1 heteroatoms. The number of rotatable bonds is 1. The number of hydrogen-bond donors (Lipinski definition) is 1. The molecular formula is C11H19N. The van der Waals surface area contributed by atoms with E-state index in [0.717, 1.165) is 29.7 Å². The molecule has 0 aromatic heterocycles. The number of hydrogen-bond acceptors (Lipinski definition) is 1. The Morgan fingerprint density at radius 2 is 1.50 bits per heavy atom. The van der Waals surface area contributed by atoms with E-state index in [1.807, 2.05) is 0 Å². The van der Waals surface area contributed by atoms with Gasteiger partial charge in [-0.25, -0.2) is 0 Å². The first-order valence-corrected chi connectivity index (χ1v) is 5.57. The highest BCUT2D eigenvalue weighted by atomic mass is 14.9. The summed E-state index contributed by atoms with van der Waals surface area (Å²) in [5.41, 5.74) is 0. The monoisotopic (exact) mass is 165 g/mol. The summed E-state index contributed by atoms with van der Waals surface area (Å²) < 4.78 is 0. The molecule has 0 aliphatic heterocycles. The van der Waals surface area contributed by atoms with Gasteiger partial charge in [0, 0.05) is 6.04 Å². The molecule has 0 aromatic rings. The van der Waals surface area contributed by atoms with E-state index in [2.05, 4.69) is 12.4 Å². The lowest BCUT2D eigenvalue weighted by Gasteiger charge is -2.57. The van der Waals surface area contributed by atoms with E-state index in [-0.39, 0.29) is 0 Å². The van der Waals surface area contributed by atoms with Crippen LogP contribution in [0.3, 0.4) is 0 Å². The molecule has 68 valence electrons. The Morgan fingerprint density at radius 3 is 1.92 bits per heavy atom. The van der Waals surface area contributed by atoms with Crippen molar-refractivity contribution in [2.24, 2.45) is 23.7 Å². The fourth-order valence-electron chi connectivity index (χ4n) is 4.38. The van der Waals surface area contributed by atoms with E-state index < -0.39 is 0 Å². The minimum atomic E-state index is 0.899. The second-order valence-electron chi connectivity index (χ2n) is 5.05. The first kappa shape index (κ1) is 7.37. The molecular weight excluding hydrogens is 146 g/mol. The first-order valence-electron chi connectivity index (χ1n) is 5.57. The van der Waals surface area contributed by atoms with Crippen molar-refractivity contribution in [3.05, 3.63) is 0 Å². The van der Waals surface area contributed by atoms with E-state index in [0.29, 0.717) is 0 Å². The predicted molar refractivity (Wildman–Crippen MR) is 49.9 cm³/mol. The van der Waals surface area contributed by atoms with Crippen LogP contribution in [0.25, 0.3) is 0 Å². The van der Waals surface area contributed by atoms with Gasteiger partial charge in [-0.1, -0.05) is 0 Å². The highest BCUT2D eigenvalue weighted by Gasteiger charge is 2.50. The van der Waals surface area contributed by atoms with E-state index >= 15 is 0 Å². The van der Waals surface area contributed by atoms with Crippen molar-refractivity contribution in [2.45, 2.75) is 38.1 Å². The van der Waals surface area contributed by atoms with Gasteiger partial charge < -0.3 is 5.32 Å². The standard InChI is InChI=1S/C11H19N/c1-12-11-9-4-2-7-6-8(9)3-5-10(7)11/h7-12H,2-6H2,1H3. The van der Waals surface area contributed by atoms with Crippen molar-refractivity contribution in [2.75, 3.05) is 7.05 Å². The fraction of sp³-hybridized carbons (Fsp3) is 1.00. The zero-order valence-corrected chi connectivity index (χ0v) is 7.92. The van der Waals surface area contributed by atoms with Crippen molar-refractivity contribution < 1.29 is 0 Å². The summed E-state index contributed by atoms with van der Waals surface area (Å²) in [5, 5.41) is 3.57. The molecule has 5 aliphatic rings. The largest absolute Gasteiger partial charge is 0.316 e. The maximum atomic E-state index is 3.57. The zero-order valence-electron chi connectivity index (χ0n) is 7.92. The van der Waals surface area contributed by atoms with Crippen LogP contribution in [-0.2, 0) is 0 Å². The van der Waals surface area contributed by atoms with Crippen molar-refractivity contribution in [3.63, 3.8) is 0 Å². The molecule has 4 bridgehead atoms. The molecule has 0 spiro atoms. The van der Waals surface area contributed by atoms with Crippen LogP contribution in [0.4, 0.5) is 0 Å². The summed E-state index contributed by atoms with van der Waals surface area (Å²) in [6, 6.07) is 0.899. The molecule has 4 atom stereocenters. The topological polar surface area (TPSA) is 12.0 Å². The molecule has 4 unspecified atom stereocenters. The first-order chi connectivity index (χ1) is 5.90. The second-order valence-corrected chi connectivity index (χ2v) is 5.05. The van der Waals surface area contributed by atoms with Crippen LogP contribution in [0.5, 0.6) is 0 Å². The van der Waals surface area contributed by atoms with Crippen LogP contribution < -0.4 is 5.32 Å². The van der Waals surface area contributed by atoms with Gasteiger partial charge in [0.05, 0.1) is 0 Å². The Morgan fingerprint density at radius 1 is 0.917 bits per heavy atom. The molecule has 1 nitrogen and oxygen atoms in total. The van der Waals surface area contributed by atoms with Crippen LogP contribution in [0.2, 0.25) is 0 Å². The smallest absolute Gasteiger partial charge is 0.0126 e. The van der Waals surface area contributed by atoms with E-state index in [1.165, 1.54) is 12.8 Å². The van der Waals surface area contributed by atoms with E-state index in [4.69, 9.17) is 0 Å². The normalized spacial score (nSPS) is 56.2. The summed E-state index contributed by atoms with van der Waals surface area (Å²) in [6.45, 7) is 0. The highest BCUT2D eigenvalue weighted by molar-refractivity contribution is 5.03. The quantitative estimate of drug-likeness (QED) is 0.627. The van der Waals surface area contributed by atoms with Crippen LogP contribution in [-0.4, -0.2) is 13.1 Å². The average Bonchev–Trinajstić information content (AvgIpc) is 2.17. The number of nitrogens with one attached hydrogen (secondary N) is 1. The Bertz CT molecular complexity index is 171. The molecule has 0 aromatic carbocycles. The third-order valence-corrected chi connectivity index (χ3v) is 4.81. The van der Waals surface area contributed by atoms with Crippen LogP contribution in [0, 0.1) is 23.7 Å². The van der Waals surface area contributed by atoms with Crippen molar-refractivity contribution >= 4 is 0 Å². The minimum absolute atomic E-state index is 0.899. The average molecular weight is 165 g/mol. The Balaban J connectivity index is 1.91. The Labute approximate surface area is 74.9 Å². The molecule has 0 radical (unpaired) electrons. The van der Waals surface area contributed by atoms with Crippen molar-refractivity contribution in [3.8, 4) is 0 Å². The summed E-state index contributed by atoms with van der Waals surface area (Å²) in [7, 11) is 2.17. The van der Waals surface area contributed by atoms with Gasteiger partial charge in [-0.05, 0) is 62.8 Å². The summed E-state index contributed by atoms with van der Waals surface area (Å²) in [5.74, 6) is 4.31. The van der Waals surface area contributed by atoms with Crippen LogP contribution in [0.1, 0.15) is 32.1 Å². The highest BCUT2D eigenvalue weighted by Crippen LogP contribution is 2.55. The van der Waals surface area contributed by atoms with Crippen LogP contribution >= 0.6 is 0 Å². The van der Waals surface area contributed by atoms with Gasteiger partial charge in [0.1, 0.15) is 0 Å². The van der Waals surface area contributed by atoms with Gasteiger partial charge in [0.25, 0.3) is 0 Å². The lowest BCUT2D eigenvalue weighted by molar-refractivity contribution is -0.0480. The molecule has 5 fully saturated rings. The van der Waals surface area contributed by atoms with Crippen molar-refractivity contribution in [1.29, 1.82) is 0 Å². The number of fused-ring (bicyclic) bond motifs is 2. The van der Waals surface area contributed by atoms with Gasteiger partial charge in [0.15, 0.2) is 0 Å². The molecule has 0 saturated heterocycles. The lowest BCUT2D eigenvalue weighted by Crippen LogP contribution is -2.57. The van der Waals surface area contributed by atoms with Gasteiger partial charge in [-0.15, -0.1) is 0 Å². The van der Waals surface area contributed by atoms with Gasteiger partial charge in [-0.3, -0.25) is 0 Å². The Kier molecular flexibility index (Phi) is 1.52. The van der Waals surface area contributed by atoms with Gasteiger partial charge >= 0.3 is 0 Å². The Hall–Kier alpha value is -0.0400. The summed E-state index contributed by atoms with van der Waals surface area (Å²) in [6.07, 6.45) is 7.72. The second kappa shape index (κ2) is 2.47. The van der Waals surface area contributed by atoms with E-state index in [9.17, 15) is 0 Å². The third kappa shape index (κ3) is 0.783. The van der Waals surface area contributed by atoms with E-state index in [1.54, 1.807) is 19.3 Å². The SMILES string of the molecule is CNC1C2CCC3CC2CCC31. The summed E-state index contributed by atoms with van der Waals surface area (Å²) >= 11 is 0. The molecule has 5 rings (SSSR count). The lowest BCUT2D eigenvalue weighted by atomic mass is 9.51. The zero-order chi connectivity index (χ0) is 8.13. The summed E-state index contributed by atoms with van der Waals surface area (Å²) in [4.78, 5) is 0. The minimum Gasteiger partial charge on any atom is -0.316 e.